The summed E-state index contributed by atoms with van der Waals surface area (Å²) in [6.45, 7) is 2.07. The predicted octanol–water partition coefficient (Wildman–Crippen LogP) is 2.90. The quantitative estimate of drug-likeness (QED) is 0.791. The molecule has 0 aliphatic rings. The van der Waals surface area contributed by atoms with Gasteiger partial charge in [0.2, 0.25) is 0 Å². The van der Waals surface area contributed by atoms with Crippen molar-refractivity contribution in [3.8, 4) is 0 Å². The minimum absolute atomic E-state index is 0.364. The lowest BCUT2D eigenvalue weighted by Crippen LogP contribution is -2.16. The molecule has 2 aromatic rings. The van der Waals surface area contributed by atoms with Crippen LogP contribution in [0.2, 0.25) is 0 Å². The lowest BCUT2D eigenvalue weighted by molar-refractivity contribution is 0.0335. The SMILES string of the molecule is CN(C)CCCOCC(O)c1ccc2sccc2c1. The van der Waals surface area contributed by atoms with Crippen molar-refractivity contribution in [3.63, 3.8) is 0 Å². The fourth-order valence-electron chi connectivity index (χ4n) is 1.97. The highest BCUT2D eigenvalue weighted by atomic mass is 32.1. The standard InChI is InChI=1S/C15H21NO2S/c1-16(2)7-3-8-18-11-14(17)12-4-5-15-13(10-12)6-9-19-15/h4-6,9-10,14,17H,3,7-8,11H2,1-2H3. The van der Waals surface area contributed by atoms with Gasteiger partial charge in [-0.05, 0) is 61.6 Å². The van der Waals surface area contributed by atoms with E-state index in [9.17, 15) is 5.11 Å². The molecule has 0 bridgehead atoms. The van der Waals surface area contributed by atoms with Gasteiger partial charge in [0.1, 0.15) is 6.10 Å². The van der Waals surface area contributed by atoms with E-state index >= 15 is 0 Å². The number of nitrogens with zero attached hydrogens (tertiary/aromatic N) is 1. The molecule has 0 aliphatic heterocycles. The lowest BCUT2D eigenvalue weighted by Gasteiger charge is -2.13. The Balaban J connectivity index is 1.80. The van der Waals surface area contributed by atoms with Gasteiger partial charge in [0, 0.05) is 11.3 Å². The van der Waals surface area contributed by atoms with Gasteiger partial charge in [0.15, 0.2) is 0 Å². The summed E-state index contributed by atoms with van der Waals surface area (Å²) in [5.74, 6) is 0. The molecule has 0 spiro atoms. The molecule has 1 atom stereocenters. The number of fused-ring (bicyclic) bond motifs is 1. The normalized spacial score (nSPS) is 13.3. The maximum Gasteiger partial charge on any atom is 0.102 e. The summed E-state index contributed by atoms with van der Waals surface area (Å²) in [7, 11) is 4.09. The van der Waals surface area contributed by atoms with Crippen LogP contribution >= 0.6 is 11.3 Å². The van der Waals surface area contributed by atoms with Gasteiger partial charge in [-0.15, -0.1) is 11.3 Å². The van der Waals surface area contributed by atoms with Crippen molar-refractivity contribution in [3.05, 3.63) is 35.2 Å². The summed E-state index contributed by atoms with van der Waals surface area (Å²) in [6.07, 6.45) is 0.451. The van der Waals surface area contributed by atoms with Crippen LogP contribution in [0.15, 0.2) is 29.6 Å². The molecule has 0 saturated carbocycles. The predicted molar refractivity (Wildman–Crippen MR) is 80.8 cm³/mol. The van der Waals surface area contributed by atoms with E-state index in [1.54, 1.807) is 11.3 Å². The zero-order chi connectivity index (χ0) is 13.7. The topological polar surface area (TPSA) is 32.7 Å². The average molecular weight is 279 g/mol. The molecule has 0 fully saturated rings. The summed E-state index contributed by atoms with van der Waals surface area (Å²) in [6, 6.07) is 8.16. The van der Waals surface area contributed by atoms with E-state index in [1.807, 2.05) is 26.2 Å². The maximum absolute atomic E-state index is 10.1. The Morgan fingerprint density at radius 2 is 2.16 bits per heavy atom. The number of aliphatic hydroxyl groups is 1. The van der Waals surface area contributed by atoms with Crippen LogP contribution in [0.4, 0.5) is 0 Å². The Labute approximate surface area is 118 Å². The molecule has 4 heteroatoms. The number of ether oxygens (including phenoxy) is 1. The smallest absolute Gasteiger partial charge is 0.102 e. The second kappa shape index (κ2) is 7.01. The largest absolute Gasteiger partial charge is 0.386 e. The Morgan fingerprint density at radius 1 is 1.32 bits per heavy atom. The van der Waals surface area contributed by atoms with Gasteiger partial charge in [0.05, 0.1) is 6.61 Å². The van der Waals surface area contributed by atoms with Crippen LogP contribution in [0.1, 0.15) is 18.1 Å². The summed E-state index contributed by atoms with van der Waals surface area (Å²) in [5, 5.41) is 13.4. The Hall–Kier alpha value is -0.940. The molecule has 1 heterocycles. The van der Waals surface area contributed by atoms with Crippen LogP contribution in [0.5, 0.6) is 0 Å². The summed E-state index contributed by atoms with van der Waals surface area (Å²) < 4.78 is 6.77. The number of thiophene rings is 1. The molecule has 1 aromatic heterocycles. The fourth-order valence-corrected chi connectivity index (χ4v) is 2.74. The van der Waals surface area contributed by atoms with E-state index in [-0.39, 0.29) is 0 Å². The first-order valence-corrected chi connectivity index (χ1v) is 7.42. The van der Waals surface area contributed by atoms with Gasteiger partial charge in [-0.25, -0.2) is 0 Å². The van der Waals surface area contributed by atoms with Crippen LogP contribution < -0.4 is 0 Å². The van der Waals surface area contributed by atoms with Gasteiger partial charge in [0.25, 0.3) is 0 Å². The third-order valence-corrected chi connectivity index (χ3v) is 3.93. The van der Waals surface area contributed by atoms with Gasteiger partial charge in [-0.3, -0.25) is 0 Å². The van der Waals surface area contributed by atoms with Gasteiger partial charge >= 0.3 is 0 Å². The summed E-state index contributed by atoms with van der Waals surface area (Å²) >= 11 is 1.72. The minimum atomic E-state index is -0.538. The van der Waals surface area contributed by atoms with Crippen LogP contribution in [-0.4, -0.2) is 43.9 Å². The Morgan fingerprint density at radius 3 is 2.95 bits per heavy atom. The highest BCUT2D eigenvalue weighted by Crippen LogP contribution is 2.24. The van der Waals surface area contributed by atoms with Gasteiger partial charge in [-0.2, -0.15) is 0 Å². The molecule has 1 unspecified atom stereocenters. The van der Waals surface area contributed by atoms with Crippen molar-refractivity contribution in [2.45, 2.75) is 12.5 Å². The van der Waals surface area contributed by atoms with Crippen molar-refractivity contribution in [1.29, 1.82) is 0 Å². The third kappa shape index (κ3) is 4.28. The minimum Gasteiger partial charge on any atom is -0.386 e. The average Bonchev–Trinajstić information content (AvgIpc) is 2.84. The fraction of sp³-hybridized carbons (Fsp3) is 0.467. The van der Waals surface area contributed by atoms with Crippen molar-refractivity contribution in [2.75, 3.05) is 33.9 Å². The van der Waals surface area contributed by atoms with Crippen molar-refractivity contribution < 1.29 is 9.84 Å². The Kier molecular flexibility index (Phi) is 5.34. The maximum atomic E-state index is 10.1. The summed E-state index contributed by atoms with van der Waals surface area (Å²) in [4.78, 5) is 2.13. The molecule has 0 radical (unpaired) electrons. The first kappa shape index (κ1) is 14.5. The van der Waals surface area contributed by atoms with E-state index in [1.165, 1.54) is 10.1 Å². The first-order chi connectivity index (χ1) is 9.16. The number of rotatable bonds is 7. The number of hydrogen-bond acceptors (Lipinski definition) is 4. The van der Waals surface area contributed by atoms with Crippen molar-refractivity contribution >= 4 is 21.4 Å². The van der Waals surface area contributed by atoms with E-state index in [4.69, 9.17) is 4.74 Å². The van der Waals surface area contributed by atoms with Crippen molar-refractivity contribution in [1.82, 2.24) is 4.90 Å². The van der Waals surface area contributed by atoms with E-state index in [0.717, 1.165) is 18.5 Å². The first-order valence-electron chi connectivity index (χ1n) is 6.54. The molecule has 1 aromatic carbocycles. The van der Waals surface area contributed by atoms with Gasteiger partial charge < -0.3 is 14.7 Å². The molecule has 0 amide bonds. The van der Waals surface area contributed by atoms with E-state index in [0.29, 0.717) is 13.2 Å². The number of aliphatic hydroxyl groups excluding tert-OH is 1. The molecule has 0 aliphatic carbocycles. The van der Waals surface area contributed by atoms with Crippen molar-refractivity contribution in [2.24, 2.45) is 0 Å². The number of benzene rings is 1. The molecule has 0 saturated heterocycles. The van der Waals surface area contributed by atoms with E-state index in [2.05, 4.69) is 22.4 Å². The molecule has 1 N–H and O–H groups in total. The molecule has 3 nitrogen and oxygen atoms in total. The monoisotopic (exact) mass is 279 g/mol. The third-order valence-electron chi connectivity index (χ3n) is 3.03. The lowest BCUT2D eigenvalue weighted by atomic mass is 10.1. The molecule has 2 rings (SSSR count). The number of hydrogen-bond donors (Lipinski definition) is 1. The second-order valence-corrected chi connectivity index (χ2v) is 5.91. The zero-order valence-corrected chi connectivity index (χ0v) is 12.3. The Bertz CT molecular complexity index is 510. The van der Waals surface area contributed by atoms with Crippen LogP contribution in [0, 0.1) is 0 Å². The molecular weight excluding hydrogens is 258 g/mol. The highest BCUT2D eigenvalue weighted by Gasteiger charge is 2.08. The van der Waals surface area contributed by atoms with Gasteiger partial charge in [-0.1, -0.05) is 6.07 Å². The molecule has 104 valence electrons. The highest BCUT2D eigenvalue weighted by molar-refractivity contribution is 7.17. The molecular formula is C15H21NO2S. The second-order valence-electron chi connectivity index (χ2n) is 4.97. The van der Waals surface area contributed by atoms with Crippen LogP contribution in [0.25, 0.3) is 10.1 Å². The van der Waals surface area contributed by atoms with Crippen LogP contribution in [0.3, 0.4) is 0 Å². The summed E-state index contributed by atoms with van der Waals surface area (Å²) in [5.41, 5.74) is 0.929. The molecule has 19 heavy (non-hydrogen) atoms. The van der Waals surface area contributed by atoms with E-state index < -0.39 is 6.10 Å². The van der Waals surface area contributed by atoms with Crippen LogP contribution in [-0.2, 0) is 4.74 Å². The zero-order valence-electron chi connectivity index (χ0n) is 11.5.